The molecule has 0 radical (unpaired) electrons. The summed E-state index contributed by atoms with van der Waals surface area (Å²) in [6.45, 7) is 0. The van der Waals surface area contributed by atoms with Crippen LogP contribution in [-0.2, 0) is 20.2 Å². The molecule has 2 aromatic rings. The number of hydrogen-bond acceptors (Lipinski definition) is 7. The van der Waals surface area contributed by atoms with Gasteiger partial charge < -0.3 is 14.8 Å². The van der Waals surface area contributed by atoms with Crippen molar-refractivity contribution in [3.63, 3.8) is 0 Å². The van der Waals surface area contributed by atoms with Gasteiger partial charge in [-0.1, -0.05) is 12.1 Å². The minimum atomic E-state index is -4.97. The topological polar surface area (TPSA) is 140 Å². The molecule has 0 heterocycles. The number of rotatable bonds is 2. The number of nitrogens with two attached hydrogens (primary N) is 1. The van der Waals surface area contributed by atoms with Crippen LogP contribution in [0, 0.1) is 0 Å². The predicted molar refractivity (Wildman–Crippen MR) is 64.3 cm³/mol. The summed E-state index contributed by atoms with van der Waals surface area (Å²) < 4.78 is 66.9. The molecule has 11 heteroatoms. The standard InChI is InChI=1S/C10H9NO6S2.2K/c11-7-4-6-2-1-3-8(18(12,13)14)10(6)9(5-7)19(15,16)17;;/h1-5H,11H2,(H,12,13,14)(H,15,16,17);;/q;2*+1/p-2. The third-order valence-corrected chi connectivity index (χ3v) is 4.20. The van der Waals surface area contributed by atoms with Crippen molar-refractivity contribution in [1.29, 1.82) is 0 Å². The van der Waals surface area contributed by atoms with Crippen molar-refractivity contribution in [2.75, 3.05) is 5.73 Å². The normalized spacial score (nSPS) is 11.5. The maximum atomic E-state index is 11.2. The smallest absolute Gasteiger partial charge is 0.744 e. The van der Waals surface area contributed by atoms with Crippen LogP contribution < -0.4 is 109 Å². The largest absolute Gasteiger partial charge is 1.00 e. The van der Waals surface area contributed by atoms with E-state index in [1.54, 1.807) is 0 Å². The Morgan fingerprint density at radius 1 is 0.857 bits per heavy atom. The van der Waals surface area contributed by atoms with Crippen LogP contribution in [0.3, 0.4) is 0 Å². The molecule has 0 fully saturated rings. The van der Waals surface area contributed by atoms with Crippen LogP contribution in [0.4, 0.5) is 5.69 Å². The first-order chi connectivity index (χ1) is 8.60. The van der Waals surface area contributed by atoms with E-state index in [9.17, 15) is 25.9 Å². The second kappa shape index (κ2) is 8.11. The van der Waals surface area contributed by atoms with Crippen molar-refractivity contribution >= 4 is 36.7 Å². The maximum absolute atomic E-state index is 11.2. The summed E-state index contributed by atoms with van der Waals surface area (Å²) >= 11 is 0. The molecule has 0 spiro atoms. The second-order valence-electron chi connectivity index (χ2n) is 3.78. The molecule has 0 aromatic heterocycles. The molecule has 0 aliphatic rings. The zero-order valence-electron chi connectivity index (χ0n) is 11.2. The van der Waals surface area contributed by atoms with E-state index in [2.05, 4.69) is 0 Å². The van der Waals surface area contributed by atoms with E-state index in [-0.39, 0.29) is 114 Å². The van der Waals surface area contributed by atoms with E-state index in [1.807, 2.05) is 0 Å². The Balaban J connectivity index is 0.00000200. The molecule has 0 saturated heterocycles. The monoisotopic (exact) mass is 379 g/mol. The molecular formula is C10H7K2NO6S2. The average molecular weight is 379 g/mol. The predicted octanol–water partition coefficient (Wildman–Crippen LogP) is -5.76. The fourth-order valence-corrected chi connectivity index (χ4v) is 3.33. The first-order valence-corrected chi connectivity index (χ1v) is 7.66. The molecule has 0 saturated carbocycles. The average Bonchev–Trinajstić information content (AvgIpc) is 2.24. The molecule has 7 nitrogen and oxygen atoms in total. The van der Waals surface area contributed by atoms with Crippen LogP contribution in [0.5, 0.6) is 0 Å². The molecule has 2 rings (SSSR count). The number of hydrogen-bond donors (Lipinski definition) is 1. The van der Waals surface area contributed by atoms with Crippen LogP contribution in [0.2, 0.25) is 0 Å². The van der Waals surface area contributed by atoms with Crippen molar-refractivity contribution in [3.8, 4) is 0 Å². The Labute approximate surface area is 207 Å². The van der Waals surface area contributed by atoms with E-state index >= 15 is 0 Å². The minimum Gasteiger partial charge on any atom is -0.744 e. The Kier molecular flexibility index (Phi) is 8.73. The maximum Gasteiger partial charge on any atom is 1.00 e. The fourth-order valence-electron chi connectivity index (χ4n) is 1.78. The van der Waals surface area contributed by atoms with Gasteiger partial charge in [-0.05, 0) is 23.6 Å². The molecule has 0 unspecified atom stereocenters. The second-order valence-corrected chi connectivity index (χ2v) is 6.48. The summed E-state index contributed by atoms with van der Waals surface area (Å²) in [5, 5.41) is -0.340. The van der Waals surface area contributed by atoms with E-state index in [0.29, 0.717) is 0 Å². The Morgan fingerprint density at radius 2 is 1.38 bits per heavy atom. The molecule has 0 bridgehead atoms. The summed E-state index contributed by atoms with van der Waals surface area (Å²) in [5.41, 5.74) is 5.42. The van der Waals surface area contributed by atoms with Gasteiger partial charge >= 0.3 is 103 Å². The molecule has 0 amide bonds. The molecule has 2 N–H and O–H groups in total. The van der Waals surface area contributed by atoms with Crippen LogP contribution >= 0.6 is 0 Å². The third kappa shape index (κ3) is 5.29. The van der Waals surface area contributed by atoms with Crippen molar-refractivity contribution in [3.05, 3.63) is 30.3 Å². The van der Waals surface area contributed by atoms with Crippen molar-refractivity contribution in [2.24, 2.45) is 0 Å². The summed E-state index contributed by atoms with van der Waals surface area (Å²) in [6.07, 6.45) is 0. The molecule has 102 valence electrons. The van der Waals surface area contributed by atoms with Crippen LogP contribution in [0.15, 0.2) is 40.1 Å². The number of nitrogen functional groups attached to an aromatic ring is 1. The van der Waals surface area contributed by atoms with E-state index in [4.69, 9.17) is 5.73 Å². The zero-order chi connectivity index (χ0) is 14.4. The summed E-state index contributed by atoms with van der Waals surface area (Å²) in [5.74, 6) is 0. The zero-order valence-corrected chi connectivity index (χ0v) is 19.1. The van der Waals surface area contributed by atoms with Gasteiger partial charge in [-0.2, -0.15) is 0 Å². The molecular weight excluding hydrogens is 372 g/mol. The molecule has 0 aliphatic heterocycles. The Hall–Kier alpha value is 1.59. The molecule has 21 heavy (non-hydrogen) atoms. The van der Waals surface area contributed by atoms with Gasteiger partial charge in [-0.15, -0.1) is 0 Å². The van der Waals surface area contributed by atoms with Gasteiger partial charge in [0, 0.05) is 11.1 Å². The molecule has 0 atom stereocenters. The first-order valence-electron chi connectivity index (χ1n) is 4.85. The van der Waals surface area contributed by atoms with Crippen LogP contribution in [0.1, 0.15) is 0 Å². The van der Waals surface area contributed by atoms with Crippen LogP contribution in [0.25, 0.3) is 10.8 Å². The van der Waals surface area contributed by atoms with E-state index in [1.165, 1.54) is 18.2 Å². The van der Waals surface area contributed by atoms with Gasteiger partial charge in [-0.3, -0.25) is 0 Å². The van der Waals surface area contributed by atoms with E-state index < -0.39 is 35.4 Å². The van der Waals surface area contributed by atoms with Crippen molar-refractivity contribution < 1.29 is 129 Å². The van der Waals surface area contributed by atoms with Crippen molar-refractivity contribution in [2.45, 2.75) is 9.79 Å². The van der Waals surface area contributed by atoms with Gasteiger partial charge in [0.15, 0.2) is 0 Å². The van der Waals surface area contributed by atoms with Gasteiger partial charge in [0.25, 0.3) is 0 Å². The van der Waals surface area contributed by atoms with E-state index in [0.717, 1.165) is 12.1 Å². The third-order valence-electron chi connectivity index (χ3n) is 2.46. The molecule has 2 aromatic carbocycles. The Morgan fingerprint density at radius 3 is 1.86 bits per heavy atom. The SMILES string of the molecule is Nc1cc(S(=O)(=O)[O-])c2c(S(=O)(=O)[O-])cccc2c1.[K+].[K+]. The summed E-state index contributed by atoms with van der Waals surface area (Å²) in [7, 11) is -9.89. The Bertz CT molecular complexity index is 880. The number of anilines is 1. The fraction of sp³-hybridized carbons (Fsp3) is 0. The van der Waals surface area contributed by atoms with Gasteiger partial charge in [0.2, 0.25) is 0 Å². The van der Waals surface area contributed by atoms with Gasteiger partial charge in [0.05, 0.1) is 9.79 Å². The van der Waals surface area contributed by atoms with Gasteiger partial charge in [0.1, 0.15) is 20.2 Å². The minimum absolute atomic E-state index is 0. The van der Waals surface area contributed by atoms with Gasteiger partial charge in [-0.25, -0.2) is 16.8 Å². The van der Waals surface area contributed by atoms with Crippen molar-refractivity contribution in [1.82, 2.24) is 0 Å². The molecule has 0 aliphatic carbocycles. The summed E-state index contributed by atoms with van der Waals surface area (Å²) in [4.78, 5) is -1.59. The number of benzene rings is 2. The summed E-state index contributed by atoms with van der Waals surface area (Å²) in [6, 6.07) is 5.66. The number of fused-ring (bicyclic) bond motifs is 1. The van der Waals surface area contributed by atoms with Crippen LogP contribution in [-0.4, -0.2) is 25.9 Å². The first kappa shape index (κ1) is 22.6. The quantitative estimate of drug-likeness (QED) is 0.311.